The summed E-state index contributed by atoms with van der Waals surface area (Å²) in [6.45, 7) is -0.0102. The number of ether oxygens (including phenoxy) is 2. The fourth-order valence-electron chi connectivity index (χ4n) is 1.97. The number of aryl methyl sites for hydroxylation is 1. The Morgan fingerprint density at radius 2 is 1.95 bits per heavy atom. The van der Waals surface area contributed by atoms with Crippen LogP contribution < -0.4 is 10.1 Å². The van der Waals surface area contributed by atoms with Gasteiger partial charge >= 0.3 is 5.97 Å². The van der Waals surface area contributed by atoms with Crippen molar-refractivity contribution in [1.82, 2.24) is 9.88 Å². The van der Waals surface area contributed by atoms with Gasteiger partial charge in [-0.3, -0.25) is 4.79 Å². The SMILES string of the molecule is COc1ccccc1CNC(=O)COC(=O)c1cccn1C. The lowest BCUT2D eigenvalue weighted by molar-refractivity contribution is -0.124. The average Bonchev–Trinajstić information content (AvgIpc) is 2.97. The van der Waals surface area contributed by atoms with Crippen LogP contribution in [-0.4, -0.2) is 30.2 Å². The Kier molecular flexibility index (Phi) is 5.19. The number of methoxy groups -OCH3 is 1. The molecule has 1 N–H and O–H groups in total. The molecule has 1 amide bonds. The summed E-state index contributed by atoms with van der Waals surface area (Å²) in [4.78, 5) is 23.5. The predicted octanol–water partition coefficient (Wildman–Crippen LogP) is 1.51. The van der Waals surface area contributed by atoms with Crippen molar-refractivity contribution in [2.75, 3.05) is 13.7 Å². The van der Waals surface area contributed by atoms with Crippen LogP contribution in [0.1, 0.15) is 16.1 Å². The Morgan fingerprint density at radius 3 is 2.64 bits per heavy atom. The molecule has 2 aromatic rings. The lowest BCUT2D eigenvalue weighted by Gasteiger charge is -2.10. The molecule has 0 unspecified atom stereocenters. The molecule has 116 valence electrons. The molecule has 1 aromatic carbocycles. The van der Waals surface area contributed by atoms with E-state index in [1.54, 1.807) is 37.1 Å². The van der Waals surface area contributed by atoms with Crippen LogP contribution in [-0.2, 0) is 23.1 Å². The zero-order chi connectivity index (χ0) is 15.9. The summed E-state index contributed by atoms with van der Waals surface area (Å²) < 4.78 is 11.8. The third kappa shape index (κ3) is 3.88. The quantitative estimate of drug-likeness (QED) is 0.821. The number of nitrogens with one attached hydrogen (secondary N) is 1. The Labute approximate surface area is 128 Å². The summed E-state index contributed by atoms with van der Waals surface area (Å²) in [6.07, 6.45) is 1.73. The van der Waals surface area contributed by atoms with Crippen LogP contribution in [0, 0.1) is 0 Å². The van der Waals surface area contributed by atoms with Gasteiger partial charge < -0.3 is 19.4 Å². The van der Waals surface area contributed by atoms with Gasteiger partial charge in [0.25, 0.3) is 5.91 Å². The fourth-order valence-corrected chi connectivity index (χ4v) is 1.97. The minimum Gasteiger partial charge on any atom is -0.496 e. The lowest BCUT2D eigenvalue weighted by Crippen LogP contribution is -2.28. The standard InChI is InChI=1S/C16H18N2O4/c1-18-9-5-7-13(18)16(20)22-11-15(19)17-10-12-6-3-4-8-14(12)21-2/h3-9H,10-11H2,1-2H3,(H,17,19). The van der Waals surface area contributed by atoms with Crippen LogP contribution in [0.15, 0.2) is 42.6 Å². The molecule has 1 aromatic heterocycles. The van der Waals surface area contributed by atoms with Gasteiger partial charge in [-0.15, -0.1) is 0 Å². The molecule has 1 heterocycles. The van der Waals surface area contributed by atoms with E-state index in [2.05, 4.69) is 5.32 Å². The van der Waals surface area contributed by atoms with E-state index in [1.165, 1.54) is 0 Å². The molecule has 0 spiro atoms. The summed E-state index contributed by atoms with van der Waals surface area (Å²) in [7, 11) is 3.31. The Balaban J connectivity index is 1.81. The molecule has 0 saturated heterocycles. The Bertz CT molecular complexity index is 664. The number of carbonyl (C=O) groups is 2. The maximum Gasteiger partial charge on any atom is 0.355 e. The lowest BCUT2D eigenvalue weighted by atomic mass is 10.2. The van der Waals surface area contributed by atoms with Crippen LogP contribution in [0.5, 0.6) is 5.75 Å². The molecule has 6 nitrogen and oxygen atoms in total. The molecular weight excluding hydrogens is 284 g/mol. The molecule has 0 atom stereocenters. The van der Waals surface area contributed by atoms with E-state index in [9.17, 15) is 9.59 Å². The van der Waals surface area contributed by atoms with Gasteiger partial charge in [0.2, 0.25) is 0 Å². The first-order valence-corrected chi connectivity index (χ1v) is 6.79. The Hall–Kier alpha value is -2.76. The minimum absolute atomic E-state index is 0.310. The first kappa shape index (κ1) is 15.6. The number of aromatic nitrogens is 1. The number of hydrogen-bond acceptors (Lipinski definition) is 4. The van der Waals surface area contributed by atoms with E-state index in [0.29, 0.717) is 18.0 Å². The maximum absolute atomic E-state index is 11.8. The summed E-state index contributed by atoms with van der Waals surface area (Å²) in [6, 6.07) is 10.8. The molecule has 0 radical (unpaired) electrons. The van der Waals surface area contributed by atoms with Gasteiger partial charge in [0.05, 0.1) is 7.11 Å². The van der Waals surface area contributed by atoms with Gasteiger partial charge in [-0.2, -0.15) is 0 Å². The van der Waals surface area contributed by atoms with Crippen LogP contribution in [0.4, 0.5) is 0 Å². The van der Waals surface area contributed by atoms with Crippen molar-refractivity contribution in [3.8, 4) is 5.75 Å². The number of carbonyl (C=O) groups excluding carboxylic acids is 2. The Morgan fingerprint density at radius 1 is 1.18 bits per heavy atom. The molecule has 0 fully saturated rings. The highest BCUT2D eigenvalue weighted by atomic mass is 16.5. The first-order chi connectivity index (χ1) is 10.6. The van der Waals surface area contributed by atoms with E-state index in [-0.39, 0.29) is 12.5 Å². The summed E-state index contributed by atoms with van der Waals surface area (Å²) in [5.74, 6) is -0.197. The van der Waals surface area contributed by atoms with Crippen molar-refractivity contribution in [1.29, 1.82) is 0 Å². The first-order valence-electron chi connectivity index (χ1n) is 6.79. The second-order valence-corrected chi connectivity index (χ2v) is 4.67. The van der Waals surface area contributed by atoms with Gasteiger partial charge in [0, 0.05) is 25.4 Å². The molecule has 2 rings (SSSR count). The molecule has 6 heteroatoms. The summed E-state index contributed by atoms with van der Waals surface area (Å²) in [5, 5.41) is 2.69. The van der Waals surface area contributed by atoms with Crippen LogP contribution in [0.3, 0.4) is 0 Å². The minimum atomic E-state index is -0.528. The second kappa shape index (κ2) is 7.31. The van der Waals surface area contributed by atoms with E-state index in [1.807, 2.05) is 24.3 Å². The number of rotatable bonds is 6. The predicted molar refractivity (Wildman–Crippen MR) is 80.5 cm³/mol. The highest BCUT2D eigenvalue weighted by Crippen LogP contribution is 2.16. The fraction of sp³-hybridized carbons (Fsp3) is 0.250. The topological polar surface area (TPSA) is 69.6 Å². The van der Waals surface area contributed by atoms with E-state index in [4.69, 9.17) is 9.47 Å². The van der Waals surface area contributed by atoms with Gasteiger partial charge in [-0.05, 0) is 18.2 Å². The third-order valence-corrected chi connectivity index (χ3v) is 3.16. The smallest absolute Gasteiger partial charge is 0.355 e. The van der Waals surface area contributed by atoms with Gasteiger partial charge in [-0.1, -0.05) is 18.2 Å². The second-order valence-electron chi connectivity index (χ2n) is 4.67. The molecular formula is C16H18N2O4. The van der Waals surface area contributed by atoms with Gasteiger partial charge in [-0.25, -0.2) is 4.79 Å². The number of esters is 1. The van der Waals surface area contributed by atoms with Gasteiger partial charge in [0.15, 0.2) is 6.61 Å². The van der Waals surface area contributed by atoms with Crippen molar-refractivity contribution < 1.29 is 19.1 Å². The monoisotopic (exact) mass is 302 g/mol. The number of benzene rings is 1. The molecule has 22 heavy (non-hydrogen) atoms. The van der Waals surface area contributed by atoms with Crippen molar-refractivity contribution in [2.24, 2.45) is 7.05 Å². The number of nitrogens with zero attached hydrogens (tertiary/aromatic N) is 1. The van der Waals surface area contributed by atoms with Crippen LogP contribution >= 0.6 is 0 Å². The molecule has 0 aliphatic heterocycles. The highest BCUT2D eigenvalue weighted by molar-refractivity contribution is 5.89. The molecule has 0 aliphatic rings. The number of para-hydroxylation sites is 1. The van der Waals surface area contributed by atoms with E-state index < -0.39 is 5.97 Å². The van der Waals surface area contributed by atoms with E-state index >= 15 is 0 Å². The average molecular weight is 302 g/mol. The third-order valence-electron chi connectivity index (χ3n) is 3.16. The highest BCUT2D eigenvalue weighted by Gasteiger charge is 2.12. The van der Waals surface area contributed by atoms with Crippen molar-refractivity contribution in [3.63, 3.8) is 0 Å². The zero-order valence-corrected chi connectivity index (χ0v) is 12.5. The van der Waals surface area contributed by atoms with Gasteiger partial charge in [0.1, 0.15) is 11.4 Å². The number of hydrogen-bond donors (Lipinski definition) is 1. The van der Waals surface area contributed by atoms with Crippen molar-refractivity contribution >= 4 is 11.9 Å². The number of amides is 1. The molecule has 0 bridgehead atoms. The maximum atomic E-state index is 11.8. The van der Waals surface area contributed by atoms with Crippen molar-refractivity contribution in [2.45, 2.75) is 6.54 Å². The summed E-state index contributed by atoms with van der Waals surface area (Å²) in [5.41, 5.74) is 1.25. The van der Waals surface area contributed by atoms with Crippen LogP contribution in [0.2, 0.25) is 0 Å². The zero-order valence-electron chi connectivity index (χ0n) is 12.5. The van der Waals surface area contributed by atoms with Crippen molar-refractivity contribution in [3.05, 3.63) is 53.9 Å². The largest absolute Gasteiger partial charge is 0.496 e. The van der Waals surface area contributed by atoms with E-state index in [0.717, 1.165) is 5.56 Å². The molecule has 0 saturated carbocycles. The van der Waals surface area contributed by atoms with Crippen LogP contribution in [0.25, 0.3) is 0 Å². The molecule has 0 aliphatic carbocycles. The summed E-state index contributed by atoms with van der Waals surface area (Å²) >= 11 is 0. The normalized spacial score (nSPS) is 10.1.